The van der Waals surface area contributed by atoms with Gasteiger partial charge in [-0.2, -0.15) is 13.2 Å². The molecule has 0 unspecified atom stereocenters. The van der Waals surface area contributed by atoms with Gasteiger partial charge in [-0.05, 0) is 43.2 Å². The van der Waals surface area contributed by atoms with E-state index in [2.05, 4.69) is 5.32 Å². The van der Waals surface area contributed by atoms with Crippen LogP contribution in [-0.4, -0.2) is 0 Å². The number of alkyl halides is 3. The Balaban J connectivity index is 2.16. The van der Waals surface area contributed by atoms with E-state index in [1.54, 1.807) is 12.3 Å². The highest BCUT2D eigenvalue weighted by molar-refractivity contribution is 5.49. The van der Waals surface area contributed by atoms with Gasteiger partial charge in [-0.1, -0.05) is 6.07 Å². The number of benzene rings is 1. The minimum Gasteiger partial charge on any atom is -0.467 e. The monoisotopic (exact) mass is 269 g/mol. The summed E-state index contributed by atoms with van der Waals surface area (Å²) in [5.74, 6) is 0.717. The molecule has 2 nitrogen and oxygen atoms in total. The van der Waals surface area contributed by atoms with Crippen molar-refractivity contribution in [1.82, 2.24) is 0 Å². The Labute approximate surface area is 109 Å². The first kappa shape index (κ1) is 13.5. The third-order valence-corrected chi connectivity index (χ3v) is 2.96. The van der Waals surface area contributed by atoms with Gasteiger partial charge >= 0.3 is 6.18 Å². The molecular weight excluding hydrogens is 255 g/mol. The maximum absolute atomic E-state index is 12.8. The molecule has 1 aromatic carbocycles. The molecular formula is C14H14F3NO. The first-order chi connectivity index (χ1) is 8.88. The minimum atomic E-state index is -4.33. The number of furan rings is 1. The maximum atomic E-state index is 12.8. The molecule has 1 heterocycles. The van der Waals surface area contributed by atoms with Crippen molar-refractivity contribution in [3.8, 4) is 0 Å². The fraction of sp³-hybridized carbons (Fsp3) is 0.286. The second-order valence-corrected chi connectivity index (χ2v) is 4.41. The molecule has 0 radical (unpaired) electrons. The quantitative estimate of drug-likeness (QED) is 0.885. The molecule has 19 heavy (non-hydrogen) atoms. The SMILES string of the molecule is Cc1ccc(NCc2occc2C)cc1C(F)(F)F. The van der Waals surface area contributed by atoms with Crippen LogP contribution < -0.4 is 5.32 Å². The van der Waals surface area contributed by atoms with Gasteiger partial charge in [-0.15, -0.1) is 0 Å². The van der Waals surface area contributed by atoms with Crippen molar-refractivity contribution in [3.63, 3.8) is 0 Å². The average molecular weight is 269 g/mol. The summed E-state index contributed by atoms with van der Waals surface area (Å²) in [4.78, 5) is 0. The Bertz CT molecular complexity index is 572. The smallest absolute Gasteiger partial charge is 0.416 e. The van der Waals surface area contributed by atoms with Crippen molar-refractivity contribution in [3.05, 3.63) is 53.0 Å². The van der Waals surface area contributed by atoms with Gasteiger partial charge in [0, 0.05) is 5.69 Å². The van der Waals surface area contributed by atoms with Crippen LogP contribution in [0.25, 0.3) is 0 Å². The summed E-state index contributed by atoms with van der Waals surface area (Å²) < 4.78 is 43.5. The highest BCUT2D eigenvalue weighted by atomic mass is 19.4. The molecule has 5 heteroatoms. The lowest BCUT2D eigenvalue weighted by molar-refractivity contribution is -0.138. The standard InChI is InChI=1S/C14H14F3NO/c1-9-3-4-11(7-12(9)14(15,16)17)18-8-13-10(2)5-6-19-13/h3-7,18H,8H2,1-2H3. The summed E-state index contributed by atoms with van der Waals surface area (Å²) in [5.41, 5.74) is 0.991. The molecule has 0 fully saturated rings. The van der Waals surface area contributed by atoms with Gasteiger partial charge in [0.2, 0.25) is 0 Å². The Morgan fingerprint density at radius 3 is 2.42 bits per heavy atom. The van der Waals surface area contributed by atoms with E-state index in [0.717, 1.165) is 11.6 Å². The molecule has 0 spiro atoms. The van der Waals surface area contributed by atoms with Crippen LogP contribution in [0.2, 0.25) is 0 Å². The fourth-order valence-electron chi connectivity index (χ4n) is 1.80. The first-order valence-electron chi connectivity index (χ1n) is 5.82. The Hall–Kier alpha value is -1.91. The summed E-state index contributed by atoms with van der Waals surface area (Å²) in [6.45, 7) is 3.69. The van der Waals surface area contributed by atoms with E-state index < -0.39 is 11.7 Å². The van der Waals surface area contributed by atoms with Gasteiger partial charge in [0.05, 0.1) is 18.4 Å². The van der Waals surface area contributed by atoms with Crippen LogP contribution in [0.15, 0.2) is 34.9 Å². The van der Waals surface area contributed by atoms with Gasteiger partial charge in [-0.3, -0.25) is 0 Å². The molecule has 2 rings (SSSR count). The summed E-state index contributed by atoms with van der Waals surface area (Å²) in [7, 11) is 0. The second kappa shape index (κ2) is 4.99. The molecule has 1 N–H and O–H groups in total. The lowest BCUT2D eigenvalue weighted by Gasteiger charge is -2.13. The van der Waals surface area contributed by atoms with Crippen LogP contribution >= 0.6 is 0 Å². The van der Waals surface area contributed by atoms with Gasteiger partial charge in [-0.25, -0.2) is 0 Å². The van der Waals surface area contributed by atoms with Gasteiger partial charge in [0.25, 0.3) is 0 Å². The molecule has 0 amide bonds. The van der Waals surface area contributed by atoms with E-state index in [4.69, 9.17) is 4.42 Å². The number of anilines is 1. The first-order valence-corrected chi connectivity index (χ1v) is 5.82. The van der Waals surface area contributed by atoms with Crippen molar-refractivity contribution in [2.75, 3.05) is 5.32 Å². The topological polar surface area (TPSA) is 25.2 Å². The van der Waals surface area contributed by atoms with Gasteiger partial charge in [0.1, 0.15) is 5.76 Å². The predicted molar refractivity (Wildman–Crippen MR) is 67.0 cm³/mol. The van der Waals surface area contributed by atoms with Gasteiger partial charge < -0.3 is 9.73 Å². The molecule has 2 aromatic rings. The number of hydrogen-bond acceptors (Lipinski definition) is 2. The molecule has 0 aliphatic carbocycles. The van der Waals surface area contributed by atoms with Crippen LogP contribution in [0.3, 0.4) is 0 Å². The van der Waals surface area contributed by atoms with E-state index in [-0.39, 0.29) is 5.56 Å². The summed E-state index contributed by atoms with van der Waals surface area (Å²) >= 11 is 0. The van der Waals surface area contributed by atoms with E-state index in [1.807, 2.05) is 13.0 Å². The van der Waals surface area contributed by atoms with Crippen LogP contribution in [-0.2, 0) is 12.7 Å². The predicted octanol–water partition coefficient (Wildman–Crippen LogP) is 4.53. The molecule has 0 saturated carbocycles. The Morgan fingerprint density at radius 1 is 1.11 bits per heavy atom. The number of nitrogens with one attached hydrogen (secondary N) is 1. The zero-order valence-electron chi connectivity index (χ0n) is 10.6. The van der Waals surface area contributed by atoms with Crippen LogP contribution in [0.5, 0.6) is 0 Å². The summed E-state index contributed by atoms with van der Waals surface area (Å²) in [5, 5.41) is 2.93. The van der Waals surface area contributed by atoms with E-state index in [0.29, 0.717) is 18.0 Å². The van der Waals surface area contributed by atoms with Crippen molar-refractivity contribution in [2.24, 2.45) is 0 Å². The highest BCUT2D eigenvalue weighted by Crippen LogP contribution is 2.33. The number of rotatable bonds is 3. The molecule has 0 aliphatic heterocycles. The van der Waals surface area contributed by atoms with E-state index >= 15 is 0 Å². The second-order valence-electron chi connectivity index (χ2n) is 4.41. The molecule has 0 saturated heterocycles. The zero-order valence-corrected chi connectivity index (χ0v) is 10.6. The normalized spacial score (nSPS) is 11.6. The lowest BCUT2D eigenvalue weighted by atomic mass is 10.1. The Kier molecular flexibility index (Phi) is 3.55. The maximum Gasteiger partial charge on any atom is 0.416 e. The molecule has 1 aromatic heterocycles. The van der Waals surface area contributed by atoms with Crippen molar-refractivity contribution < 1.29 is 17.6 Å². The average Bonchev–Trinajstić information content (AvgIpc) is 2.72. The lowest BCUT2D eigenvalue weighted by Crippen LogP contribution is -2.09. The van der Waals surface area contributed by atoms with Crippen molar-refractivity contribution in [2.45, 2.75) is 26.6 Å². The van der Waals surface area contributed by atoms with Crippen LogP contribution in [0, 0.1) is 13.8 Å². The van der Waals surface area contributed by atoms with Crippen molar-refractivity contribution in [1.29, 1.82) is 0 Å². The third kappa shape index (κ3) is 3.10. The zero-order chi connectivity index (χ0) is 14.0. The summed E-state index contributed by atoms with van der Waals surface area (Å²) in [6.07, 6.45) is -2.77. The summed E-state index contributed by atoms with van der Waals surface area (Å²) in [6, 6.07) is 6.02. The number of hydrogen-bond donors (Lipinski definition) is 1. The molecule has 102 valence electrons. The number of halogens is 3. The van der Waals surface area contributed by atoms with Crippen LogP contribution in [0.4, 0.5) is 18.9 Å². The fourth-order valence-corrected chi connectivity index (χ4v) is 1.80. The number of aryl methyl sites for hydroxylation is 2. The van der Waals surface area contributed by atoms with Crippen molar-refractivity contribution >= 4 is 5.69 Å². The van der Waals surface area contributed by atoms with Gasteiger partial charge in [0.15, 0.2) is 0 Å². The van der Waals surface area contributed by atoms with E-state index in [9.17, 15) is 13.2 Å². The molecule has 0 bridgehead atoms. The molecule has 0 aliphatic rings. The van der Waals surface area contributed by atoms with Crippen LogP contribution in [0.1, 0.15) is 22.5 Å². The molecule has 0 atom stereocenters. The highest BCUT2D eigenvalue weighted by Gasteiger charge is 2.32. The third-order valence-electron chi connectivity index (χ3n) is 2.96. The Morgan fingerprint density at radius 2 is 1.84 bits per heavy atom. The largest absolute Gasteiger partial charge is 0.467 e. The minimum absolute atomic E-state index is 0.215. The van der Waals surface area contributed by atoms with E-state index in [1.165, 1.54) is 13.0 Å².